The van der Waals surface area contributed by atoms with Crippen molar-refractivity contribution in [3.8, 4) is 28.3 Å². The van der Waals surface area contributed by atoms with E-state index in [0.717, 1.165) is 41.1 Å². The van der Waals surface area contributed by atoms with E-state index in [1.807, 2.05) is 36.7 Å². The highest BCUT2D eigenvalue weighted by Crippen LogP contribution is 2.45. The molecule has 2 fully saturated rings. The van der Waals surface area contributed by atoms with Crippen molar-refractivity contribution in [1.29, 1.82) is 5.26 Å². The van der Waals surface area contributed by atoms with E-state index >= 15 is 0 Å². The van der Waals surface area contributed by atoms with Crippen molar-refractivity contribution in [2.45, 2.75) is 51.2 Å². The summed E-state index contributed by atoms with van der Waals surface area (Å²) in [6, 6.07) is 20.8. The van der Waals surface area contributed by atoms with Crippen LogP contribution in [0, 0.1) is 11.3 Å². The molecule has 0 radical (unpaired) electrons. The van der Waals surface area contributed by atoms with Crippen molar-refractivity contribution in [1.82, 2.24) is 9.97 Å². The fraction of sp³-hybridized carbons (Fsp3) is 0.323. The van der Waals surface area contributed by atoms with Crippen LogP contribution in [-0.4, -0.2) is 35.3 Å². The van der Waals surface area contributed by atoms with Gasteiger partial charge in [0.2, 0.25) is 0 Å². The third-order valence-electron chi connectivity index (χ3n) is 7.58. The number of para-hydroxylation sites is 1. The predicted octanol–water partition coefficient (Wildman–Crippen LogP) is 6.72. The molecule has 0 spiro atoms. The lowest BCUT2D eigenvalue weighted by Gasteiger charge is -2.36. The lowest BCUT2D eigenvalue weighted by molar-refractivity contribution is -0.00545. The molecule has 0 amide bonds. The van der Waals surface area contributed by atoms with E-state index in [1.165, 1.54) is 35.8 Å². The summed E-state index contributed by atoms with van der Waals surface area (Å²) in [4.78, 5) is 12.2. The van der Waals surface area contributed by atoms with Gasteiger partial charge in [-0.3, -0.25) is 4.98 Å². The van der Waals surface area contributed by atoms with Gasteiger partial charge in [-0.15, -0.1) is 0 Å². The lowest BCUT2D eigenvalue weighted by atomic mass is 9.76. The number of fused-ring (bicyclic) bond motifs is 1. The summed E-state index contributed by atoms with van der Waals surface area (Å²) in [6.45, 7) is 5.96. The predicted molar refractivity (Wildman–Crippen MR) is 144 cm³/mol. The van der Waals surface area contributed by atoms with Gasteiger partial charge in [0.15, 0.2) is 0 Å². The molecule has 3 heterocycles. The molecule has 2 aromatic heterocycles. The molecular formula is C31H30N4O. The zero-order valence-corrected chi connectivity index (χ0v) is 20.8. The molecule has 5 nitrogen and oxygen atoms in total. The Bertz CT molecular complexity index is 1420. The summed E-state index contributed by atoms with van der Waals surface area (Å²) >= 11 is 0. The molecule has 0 bridgehead atoms. The Kier molecular flexibility index (Phi) is 5.91. The summed E-state index contributed by atoms with van der Waals surface area (Å²) < 4.78 is 5.89. The third kappa shape index (κ3) is 4.12. The molecule has 0 N–H and O–H groups in total. The van der Waals surface area contributed by atoms with Crippen molar-refractivity contribution >= 4 is 16.7 Å². The normalized spacial score (nSPS) is 20.2. The van der Waals surface area contributed by atoms with E-state index in [9.17, 15) is 5.26 Å². The van der Waals surface area contributed by atoms with Crippen LogP contribution < -0.4 is 4.90 Å². The van der Waals surface area contributed by atoms with Crippen LogP contribution in [0.25, 0.3) is 33.2 Å². The van der Waals surface area contributed by atoms with Gasteiger partial charge in [-0.2, -0.15) is 5.26 Å². The van der Waals surface area contributed by atoms with Crippen LogP contribution in [0.4, 0.5) is 5.82 Å². The van der Waals surface area contributed by atoms with Crippen LogP contribution in [0.15, 0.2) is 67.0 Å². The molecule has 5 heteroatoms. The molecule has 2 aromatic carbocycles. The van der Waals surface area contributed by atoms with Crippen LogP contribution in [0.1, 0.15) is 50.2 Å². The van der Waals surface area contributed by atoms with Gasteiger partial charge in [0.1, 0.15) is 5.82 Å². The summed E-state index contributed by atoms with van der Waals surface area (Å²) in [5, 5.41) is 10.4. The number of nitriles is 1. The molecule has 6 rings (SSSR count). The lowest BCUT2D eigenvalue weighted by Crippen LogP contribution is -2.45. The monoisotopic (exact) mass is 474 g/mol. The molecule has 4 aromatic rings. The Hall–Kier alpha value is -3.75. The van der Waals surface area contributed by atoms with Crippen LogP contribution in [-0.2, 0) is 4.74 Å². The highest BCUT2D eigenvalue weighted by atomic mass is 16.5. The Labute approximate surface area is 212 Å². The first kappa shape index (κ1) is 22.7. The largest absolute Gasteiger partial charge is 0.372 e. The minimum Gasteiger partial charge on any atom is -0.372 e. The maximum Gasteiger partial charge on any atom is 0.128 e. The van der Waals surface area contributed by atoms with Crippen LogP contribution >= 0.6 is 0 Å². The Morgan fingerprint density at radius 2 is 1.61 bits per heavy atom. The maximum atomic E-state index is 9.18. The van der Waals surface area contributed by atoms with Crippen molar-refractivity contribution in [2.24, 2.45) is 0 Å². The first-order valence-corrected chi connectivity index (χ1v) is 12.9. The number of ether oxygens (including phenoxy) is 1. The molecule has 180 valence electrons. The van der Waals surface area contributed by atoms with Gasteiger partial charge in [-0.1, -0.05) is 36.8 Å². The SMILES string of the molecule is CC1CN(c2ccc(-c3cnc4c(-c5ccc(C#N)cc5)cccc4c3C3CCC3)cn2)C[C@H](C)O1. The standard InChI is InChI=1S/C31H30N4O/c1-20-18-35(19-21(2)36-20)29-14-13-25(16-33-29)28-17-34-31-26(23-11-9-22(15-32)10-12-23)7-4-8-27(31)30(28)24-5-3-6-24/h4,7-14,16-17,20-21,24H,3,5-6,18-19H2,1-2H3/t20-,21?/m0/s1. The van der Waals surface area contributed by atoms with Gasteiger partial charge >= 0.3 is 0 Å². The van der Waals surface area contributed by atoms with Crippen LogP contribution in [0.2, 0.25) is 0 Å². The van der Waals surface area contributed by atoms with E-state index in [-0.39, 0.29) is 12.2 Å². The molecule has 1 aliphatic carbocycles. The molecule has 1 aliphatic heterocycles. The summed E-state index contributed by atoms with van der Waals surface area (Å²) in [5.74, 6) is 1.55. The average molecular weight is 475 g/mol. The number of hydrogen-bond donors (Lipinski definition) is 0. The number of nitrogens with zero attached hydrogens (tertiary/aromatic N) is 4. The molecular weight excluding hydrogens is 444 g/mol. The third-order valence-corrected chi connectivity index (χ3v) is 7.58. The zero-order valence-electron chi connectivity index (χ0n) is 20.8. The minimum absolute atomic E-state index is 0.204. The summed E-state index contributed by atoms with van der Waals surface area (Å²) in [7, 11) is 0. The molecule has 2 aliphatic rings. The highest BCUT2D eigenvalue weighted by molar-refractivity contribution is 5.98. The first-order valence-electron chi connectivity index (χ1n) is 12.9. The van der Waals surface area contributed by atoms with Crippen molar-refractivity contribution in [3.63, 3.8) is 0 Å². The summed E-state index contributed by atoms with van der Waals surface area (Å²) in [5.41, 5.74) is 7.58. The number of rotatable bonds is 4. The number of pyridine rings is 2. The maximum absolute atomic E-state index is 9.18. The van der Waals surface area contributed by atoms with Gasteiger partial charge in [0, 0.05) is 47.6 Å². The molecule has 2 atom stereocenters. The second kappa shape index (κ2) is 9.37. The Morgan fingerprint density at radius 1 is 0.861 bits per heavy atom. The average Bonchev–Trinajstić information content (AvgIpc) is 2.87. The van der Waals surface area contributed by atoms with E-state index in [4.69, 9.17) is 14.7 Å². The Morgan fingerprint density at radius 3 is 2.25 bits per heavy atom. The second-order valence-corrected chi connectivity index (χ2v) is 10.2. The number of benzene rings is 2. The number of anilines is 1. The van der Waals surface area contributed by atoms with Gasteiger partial charge in [-0.05, 0) is 68.0 Å². The van der Waals surface area contributed by atoms with Crippen molar-refractivity contribution < 1.29 is 4.74 Å². The van der Waals surface area contributed by atoms with Crippen molar-refractivity contribution in [2.75, 3.05) is 18.0 Å². The molecule has 1 saturated carbocycles. The van der Waals surface area contributed by atoms with Crippen LogP contribution in [0.3, 0.4) is 0 Å². The summed E-state index contributed by atoms with van der Waals surface area (Å²) in [6.07, 6.45) is 8.15. The molecule has 1 saturated heterocycles. The molecule has 1 unspecified atom stereocenters. The smallest absolute Gasteiger partial charge is 0.128 e. The minimum atomic E-state index is 0.204. The fourth-order valence-electron chi connectivity index (χ4n) is 5.67. The second-order valence-electron chi connectivity index (χ2n) is 10.2. The van der Waals surface area contributed by atoms with Gasteiger partial charge < -0.3 is 9.64 Å². The van der Waals surface area contributed by atoms with E-state index in [0.29, 0.717) is 11.5 Å². The van der Waals surface area contributed by atoms with E-state index < -0.39 is 0 Å². The molecule has 36 heavy (non-hydrogen) atoms. The van der Waals surface area contributed by atoms with E-state index in [1.54, 1.807) is 0 Å². The topological polar surface area (TPSA) is 62.0 Å². The van der Waals surface area contributed by atoms with Gasteiger partial charge in [0.05, 0.1) is 29.4 Å². The quantitative estimate of drug-likeness (QED) is 0.329. The first-order chi connectivity index (χ1) is 17.6. The van der Waals surface area contributed by atoms with Gasteiger partial charge in [-0.25, -0.2) is 4.98 Å². The van der Waals surface area contributed by atoms with E-state index in [2.05, 4.69) is 55.1 Å². The fourth-order valence-corrected chi connectivity index (χ4v) is 5.67. The number of aromatic nitrogens is 2. The van der Waals surface area contributed by atoms with Gasteiger partial charge in [0.25, 0.3) is 0 Å². The Balaban J connectivity index is 1.41. The van der Waals surface area contributed by atoms with Crippen LogP contribution in [0.5, 0.6) is 0 Å². The van der Waals surface area contributed by atoms with Crippen molar-refractivity contribution in [3.05, 3.63) is 78.1 Å². The number of morpholine rings is 1. The highest BCUT2D eigenvalue weighted by Gasteiger charge is 2.27. The zero-order chi connectivity index (χ0) is 24.6. The number of hydrogen-bond acceptors (Lipinski definition) is 5.